The molecule has 4 nitrogen and oxygen atoms in total. The van der Waals surface area contributed by atoms with E-state index in [9.17, 15) is 4.79 Å². The van der Waals surface area contributed by atoms with Gasteiger partial charge in [0.05, 0.1) is 18.8 Å². The zero-order chi connectivity index (χ0) is 14.5. The molecule has 0 radical (unpaired) electrons. The molecule has 0 saturated carbocycles. The van der Waals surface area contributed by atoms with Crippen molar-refractivity contribution < 1.29 is 9.53 Å². The molecular formula is C15H18N2O2S. The van der Waals surface area contributed by atoms with Crippen LogP contribution in [0, 0.1) is 6.92 Å². The minimum atomic E-state index is -0.241. The Labute approximate surface area is 122 Å². The number of anilines is 1. The Balaban J connectivity index is 2.03. The van der Waals surface area contributed by atoms with Gasteiger partial charge in [-0.05, 0) is 43.0 Å². The van der Waals surface area contributed by atoms with Crippen LogP contribution in [0.5, 0.6) is 5.75 Å². The van der Waals surface area contributed by atoms with Crippen LogP contribution in [0.1, 0.15) is 23.4 Å². The van der Waals surface area contributed by atoms with Crippen LogP contribution < -0.4 is 15.4 Å². The second-order valence-electron chi connectivity index (χ2n) is 4.54. The summed E-state index contributed by atoms with van der Waals surface area (Å²) in [6.07, 6.45) is 0. The molecule has 0 aliphatic heterocycles. The van der Waals surface area contributed by atoms with E-state index in [0.717, 1.165) is 10.4 Å². The van der Waals surface area contributed by atoms with Crippen molar-refractivity contribution >= 4 is 23.1 Å². The number of amides is 2. The maximum Gasteiger partial charge on any atom is 0.319 e. The fraction of sp³-hybridized carbons (Fsp3) is 0.267. The summed E-state index contributed by atoms with van der Waals surface area (Å²) in [6.45, 7) is 3.93. The molecule has 1 aromatic carbocycles. The van der Waals surface area contributed by atoms with E-state index < -0.39 is 0 Å². The van der Waals surface area contributed by atoms with Crippen LogP contribution in [-0.4, -0.2) is 13.1 Å². The number of thiophene rings is 1. The fourth-order valence-electron chi connectivity index (χ4n) is 1.88. The number of methoxy groups -OCH3 is 1. The first-order valence-electron chi connectivity index (χ1n) is 6.35. The summed E-state index contributed by atoms with van der Waals surface area (Å²) in [5.74, 6) is 0.648. The Bertz CT molecular complexity index is 582. The zero-order valence-electron chi connectivity index (χ0n) is 11.8. The number of benzene rings is 1. The van der Waals surface area contributed by atoms with E-state index in [1.54, 1.807) is 18.4 Å². The van der Waals surface area contributed by atoms with Crippen molar-refractivity contribution in [3.05, 3.63) is 46.2 Å². The molecule has 5 heteroatoms. The summed E-state index contributed by atoms with van der Waals surface area (Å²) < 4.78 is 5.24. The summed E-state index contributed by atoms with van der Waals surface area (Å²) in [7, 11) is 1.59. The fourth-order valence-corrected chi connectivity index (χ4v) is 2.62. The molecule has 0 bridgehead atoms. The molecule has 106 valence electrons. The monoisotopic (exact) mass is 290 g/mol. The Kier molecular flexibility index (Phi) is 4.63. The average molecular weight is 290 g/mol. The molecule has 1 atom stereocenters. The molecular weight excluding hydrogens is 272 g/mol. The Morgan fingerprint density at radius 1 is 1.35 bits per heavy atom. The molecule has 0 fully saturated rings. The van der Waals surface area contributed by atoms with Gasteiger partial charge in [0.25, 0.3) is 0 Å². The number of hydrogen-bond donors (Lipinski definition) is 2. The van der Waals surface area contributed by atoms with Gasteiger partial charge in [-0.15, -0.1) is 11.3 Å². The summed E-state index contributed by atoms with van der Waals surface area (Å²) in [4.78, 5) is 13.1. The summed E-state index contributed by atoms with van der Waals surface area (Å²) >= 11 is 1.62. The van der Waals surface area contributed by atoms with Crippen molar-refractivity contribution in [3.63, 3.8) is 0 Å². The van der Waals surface area contributed by atoms with Crippen molar-refractivity contribution in [2.24, 2.45) is 0 Å². The van der Waals surface area contributed by atoms with Crippen LogP contribution in [0.15, 0.2) is 35.7 Å². The molecule has 2 amide bonds. The number of nitrogens with one attached hydrogen (secondary N) is 2. The van der Waals surface area contributed by atoms with Crippen molar-refractivity contribution in [3.8, 4) is 5.75 Å². The summed E-state index contributed by atoms with van der Waals surface area (Å²) in [5.41, 5.74) is 1.73. The molecule has 1 heterocycles. The van der Waals surface area contributed by atoms with E-state index in [2.05, 4.69) is 10.6 Å². The Morgan fingerprint density at radius 3 is 2.80 bits per heavy atom. The lowest BCUT2D eigenvalue weighted by molar-refractivity contribution is 0.249. The van der Waals surface area contributed by atoms with Crippen LogP contribution in [-0.2, 0) is 0 Å². The van der Waals surface area contributed by atoms with Crippen molar-refractivity contribution in [2.75, 3.05) is 12.4 Å². The van der Waals surface area contributed by atoms with Gasteiger partial charge in [-0.25, -0.2) is 4.79 Å². The Hall–Kier alpha value is -2.01. The highest BCUT2D eigenvalue weighted by atomic mass is 32.1. The molecule has 20 heavy (non-hydrogen) atoms. The maximum atomic E-state index is 12.0. The highest BCUT2D eigenvalue weighted by molar-refractivity contribution is 7.10. The topological polar surface area (TPSA) is 50.4 Å². The van der Waals surface area contributed by atoms with Crippen LogP contribution in [0.25, 0.3) is 0 Å². The third-order valence-electron chi connectivity index (χ3n) is 2.92. The largest absolute Gasteiger partial charge is 0.495 e. The van der Waals surface area contributed by atoms with Crippen LogP contribution in [0.3, 0.4) is 0 Å². The molecule has 2 rings (SSSR count). The van der Waals surface area contributed by atoms with Crippen LogP contribution in [0.2, 0.25) is 0 Å². The van der Waals surface area contributed by atoms with Crippen molar-refractivity contribution in [1.82, 2.24) is 5.32 Å². The molecule has 2 N–H and O–H groups in total. The third kappa shape index (κ3) is 3.51. The molecule has 1 unspecified atom stereocenters. The number of carbonyl (C=O) groups excluding carboxylic acids is 1. The quantitative estimate of drug-likeness (QED) is 0.896. The van der Waals surface area contributed by atoms with Crippen molar-refractivity contribution in [2.45, 2.75) is 19.9 Å². The van der Waals surface area contributed by atoms with Gasteiger partial charge < -0.3 is 15.4 Å². The smallest absolute Gasteiger partial charge is 0.319 e. The molecule has 0 aliphatic rings. The first-order valence-corrected chi connectivity index (χ1v) is 7.23. The second kappa shape index (κ2) is 6.43. The highest BCUT2D eigenvalue weighted by Crippen LogP contribution is 2.25. The maximum absolute atomic E-state index is 12.0. The molecule has 1 aromatic heterocycles. The zero-order valence-corrected chi connectivity index (χ0v) is 12.6. The van der Waals surface area contributed by atoms with Gasteiger partial charge >= 0.3 is 6.03 Å². The minimum Gasteiger partial charge on any atom is -0.495 e. The number of urea groups is 1. The standard InChI is InChI=1S/C15H18N2O2S/c1-10-6-7-13(19-3)12(9-10)17-15(18)16-11(2)14-5-4-8-20-14/h4-9,11H,1-3H3,(H2,16,17,18). The van der Waals surface area contributed by atoms with E-state index in [4.69, 9.17) is 4.74 Å². The molecule has 0 aliphatic carbocycles. The van der Waals surface area contributed by atoms with Gasteiger partial charge in [0.15, 0.2) is 0 Å². The number of carbonyl (C=O) groups is 1. The van der Waals surface area contributed by atoms with E-state index in [0.29, 0.717) is 11.4 Å². The number of ether oxygens (including phenoxy) is 1. The highest BCUT2D eigenvalue weighted by Gasteiger charge is 2.12. The first-order chi connectivity index (χ1) is 9.60. The lowest BCUT2D eigenvalue weighted by Gasteiger charge is -2.15. The molecule has 0 spiro atoms. The third-order valence-corrected chi connectivity index (χ3v) is 3.98. The Morgan fingerprint density at radius 2 is 2.15 bits per heavy atom. The van der Waals surface area contributed by atoms with E-state index in [1.807, 2.05) is 49.6 Å². The number of rotatable bonds is 4. The lowest BCUT2D eigenvalue weighted by Crippen LogP contribution is -2.30. The summed E-state index contributed by atoms with van der Waals surface area (Å²) in [5, 5.41) is 7.73. The predicted molar refractivity (Wildman–Crippen MR) is 82.6 cm³/mol. The second-order valence-corrected chi connectivity index (χ2v) is 5.52. The molecule has 0 saturated heterocycles. The van der Waals surface area contributed by atoms with Gasteiger partial charge in [-0.1, -0.05) is 12.1 Å². The van der Waals surface area contributed by atoms with Gasteiger partial charge in [0.1, 0.15) is 5.75 Å². The molecule has 2 aromatic rings. The van der Waals surface area contributed by atoms with Gasteiger partial charge in [-0.2, -0.15) is 0 Å². The van der Waals surface area contributed by atoms with Gasteiger partial charge in [0, 0.05) is 4.88 Å². The first kappa shape index (κ1) is 14.4. The average Bonchev–Trinajstić information content (AvgIpc) is 2.92. The number of aryl methyl sites for hydroxylation is 1. The normalized spacial score (nSPS) is 11.8. The summed E-state index contributed by atoms with van der Waals surface area (Å²) in [6, 6.07) is 9.38. The van der Waals surface area contributed by atoms with Crippen LogP contribution >= 0.6 is 11.3 Å². The van der Waals surface area contributed by atoms with Crippen molar-refractivity contribution in [1.29, 1.82) is 0 Å². The SMILES string of the molecule is COc1ccc(C)cc1NC(=O)NC(C)c1cccs1. The van der Waals surface area contributed by atoms with Gasteiger partial charge in [0.2, 0.25) is 0 Å². The predicted octanol–water partition coefficient (Wildman–Crippen LogP) is 3.95. The van der Waals surface area contributed by atoms with Gasteiger partial charge in [-0.3, -0.25) is 0 Å². The van der Waals surface area contributed by atoms with Crippen LogP contribution in [0.4, 0.5) is 10.5 Å². The van der Waals surface area contributed by atoms with E-state index in [-0.39, 0.29) is 12.1 Å². The lowest BCUT2D eigenvalue weighted by atomic mass is 10.2. The van der Waals surface area contributed by atoms with E-state index in [1.165, 1.54) is 0 Å². The number of hydrogen-bond acceptors (Lipinski definition) is 3. The van der Waals surface area contributed by atoms with E-state index >= 15 is 0 Å². The minimum absolute atomic E-state index is 0.0224.